The Balaban J connectivity index is 1.99. The minimum absolute atomic E-state index is 0.805. The first-order valence-electron chi connectivity index (χ1n) is 8.08. The molecule has 0 fully saturated rings. The highest BCUT2D eigenvalue weighted by molar-refractivity contribution is 5.17. The summed E-state index contributed by atoms with van der Waals surface area (Å²) in [5, 5.41) is 0. The van der Waals surface area contributed by atoms with Crippen molar-refractivity contribution in [1.29, 1.82) is 0 Å². The molecule has 2 aromatic rings. The van der Waals surface area contributed by atoms with E-state index in [1.165, 1.54) is 30.5 Å². The monoisotopic (exact) mass is 281 g/mol. The lowest BCUT2D eigenvalue weighted by Gasteiger charge is -2.24. The van der Waals surface area contributed by atoms with Crippen LogP contribution in [0.5, 0.6) is 0 Å². The molecule has 1 atom stereocenters. The van der Waals surface area contributed by atoms with Crippen molar-refractivity contribution in [2.45, 2.75) is 39.8 Å². The van der Waals surface area contributed by atoms with Gasteiger partial charge in [0.15, 0.2) is 0 Å². The Morgan fingerprint density at radius 2 is 1.29 bits per heavy atom. The highest BCUT2D eigenvalue weighted by atomic mass is 15.1. The van der Waals surface area contributed by atoms with Crippen LogP contribution < -0.4 is 0 Å². The van der Waals surface area contributed by atoms with Gasteiger partial charge in [0.05, 0.1) is 0 Å². The summed E-state index contributed by atoms with van der Waals surface area (Å²) in [4.78, 5) is 2.57. The second-order valence-corrected chi connectivity index (χ2v) is 5.98. The Bertz CT molecular complexity index is 450. The Morgan fingerprint density at radius 3 is 1.71 bits per heavy atom. The second-order valence-electron chi connectivity index (χ2n) is 5.98. The molecule has 0 aliphatic heterocycles. The Morgan fingerprint density at radius 1 is 0.810 bits per heavy atom. The van der Waals surface area contributed by atoms with Gasteiger partial charge in [-0.15, -0.1) is 0 Å². The van der Waals surface area contributed by atoms with Crippen LogP contribution >= 0.6 is 0 Å². The fraction of sp³-hybridized carbons (Fsp3) is 0.400. The maximum atomic E-state index is 2.57. The number of rotatable bonds is 8. The fourth-order valence-electron chi connectivity index (χ4n) is 2.50. The highest BCUT2D eigenvalue weighted by Gasteiger charge is 2.09. The molecule has 2 aromatic carbocycles. The van der Waals surface area contributed by atoms with Crippen LogP contribution in [-0.4, -0.2) is 11.4 Å². The van der Waals surface area contributed by atoms with E-state index in [4.69, 9.17) is 0 Å². The SMILES string of the molecule is CCC(C)CCN(Cc1ccccc1)Cc1ccccc1. The number of hydrogen-bond donors (Lipinski definition) is 0. The standard InChI is InChI=1S/C20H27N/c1-3-18(2)14-15-21(16-19-10-6-4-7-11-19)17-20-12-8-5-9-13-20/h4-13,18H,3,14-17H2,1-2H3. The summed E-state index contributed by atoms with van der Waals surface area (Å²) < 4.78 is 0. The van der Waals surface area contributed by atoms with Gasteiger partial charge < -0.3 is 0 Å². The van der Waals surface area contributed by atoms with E-state index in [1.54, 1.807) is 0 Å². The molecule has 0 aliphatic rings. The summed E-state index contributed by atoms with van der Waals surface area (Å²) in [5.74, 6) is 0.805. The van der Waals surface area contributed by atoms with Crippen molar-refractivity contribution in [1.82, 2.24) is 4.90 Å². The first kappa shape index (κ1) is 15.8. The summed E-state index contributed by atoms with van der Waals surface area (Å²) >= 11 is 0. The lowest BCUT2D eigenvalue weighted by Crippen LogP contribution is -2.25. The van der Waals surface area contributed by atoms with Gasteiger partial charge >= 0.3 is 0 Å². The summed E-state index contributed by atoms with van der Waals surface area (Å²) in [7, 11) is 0. The number of benzene rings is 2. The molecule has 0 bridgehead atoms. The first-order valence-corrected chi connectivity index (χ1v) is 8.08. The molecule has 0 saturated heterocycles. The molecule has 1 heteroatoms. The molecular weight excluding hydrogens is 254 g/mol. The molecule has 1 unspecified atom stereocenters. The van der Waals surface area contributed by atoms with Gasteiger partial charge in [0, 0.05) is 13.1 Å². The maximum absolute atomic E-state index is 2.57. The molecule has 0 aromatic heterocycles. The average molecular weight is 281 g/mol. The lowest BCUT2D eigenvalue weighted by atomic mass is 10.0. The van der Waals surface area contributed by atoms with Gasteiger partial charge in [0.2, 0.25) is 0 Å². The molecule has 2 rings (SSSR count). The van der Waals surface area contributed by atoms with Gasteiger partial charge in [-0.25, -0.2) is 0 Å². The molecule has 112 valence electrons. The molecule has 0 aliphatic carbocycles. The van der Waals surface area contributed by atoms with Gasteiger partial charge in [0.25, 0.3) is 0 Å². The Kier molecular flexibility index (Phi) is 6.49. The number of hydrogen-bond acceptors (Lipinski definition) is 1. The summed E-state index contributed by atoms with van der Waals surface area (Å²) in [6.07, 6.45) is 2.54. The second kappa shape index (κ2) is 8.63. The van der Waals surface area contributed by atoms with Crippen molar-refractivity contribution in [2.75, 3.05) is 6.54 Å². The van der Waals surface area contributed by atoms with Gasteiger partial charge in [0.1, 0.15) is 0 Å². The molecule has 0 amide bonds. The van der Waals surface area contributed by atoms with Crippen molar-refractivity contribution in [3.05, 3.63) is 71.8 Å². The van der Waals surface area contributed by atoms with Crippen LogP contribution in [0.1, 0.15) is 37.8 Å². The van der Waals surface area contributed by atoms with E-state index in [0.29, 0.717) is 0 Å². The molecular formula is C20H27N. The van der Waals surface area contributed by atoms with E-state index >= 15 is 0 Å². The van der Waals surface area contributed by atoms with Crippen LogP contribution in [0.3, 0.4) is 0 Å². The van der Waals surface area contributed by atoms with Crippen LogP contribution in [0.4, 0.5) is 0 Å². The van der Waals surface area contributed by atoms with E-state index in [-0.39, 0.29) is 0 Å². The zero-order chi connectivity index (χ0) is 14.9. The predicted molar refractivity (Wildman–Crippen MR) is 91.1 cm³/mol. The molecule has 21 heavy (non-hydrogen) atoms. The zero-order valence-electron chi connectivity index (χ0n) is 13.3. The van der Waals surface area contributed by atoms with E-state index in [9.17, 15) is 0 Å². The predicted octanol–water partition coefficient (Wildman–Crippen LogP) is 5.13. The highest BCUT2D eigenvalue weighted by Crippen LogP contribution is 2.14. The fourth-order valence-corrected chi connectivity index (χ4v) is 2.50. The average Bonchev–Trinajstić information content (AvgIpc) is 2.54. The van der Waals surface area contributed by atoms with Crippen LogP contribution in [-0.2, 0) is 13.1 Å². The van der Waals surface area contributed by atoms with Crippen LogP contribution in [0.15, 0.2) is 60.7 Å². The summed E-state index contributed by atoms with van der Waals surface area (Å²) in [6.45, 7) is 7.86. The maximum Gasteiger partial charge on any atom is 0.0237 e. The third-order valence-electron chi connectivity index (χ3n) is 4.13. The third-order valence-corrected chi connectivity index (χ3v) is 4.13. The third kappa shape index (κ3) is 5.73. The van der Waals surface area contributed by atoms with Crippen LogP contribution in [0, 0.1) is 5.92 Å². The smallest absolute Gasteiger partial charge is 0.0237 e. The van der Waals surface area contributed by atoms with Gasteiger partial charge in [-0.3, -0.25) is 4.90 Å². The quantitative estimate of drug-likeness (QED) is 0.648. The van der Waals surface area contributed by atoms with E-state index < -0.39 is 0 Å². The number of nitrogens with zero attached hydrogens (tertiary/aromatic N) is 1. The van der Waals surface area contributed by atoms with E-state index in [2.05, 4.69) is 79.4 Å². The Hall–Kier alpha value is -1.60. The Labute approximate surface area is 129 Å². The van der Waals surface area contributed by atoms with Crippen molar-refractivity contribution in [2.24, 2.45) is 5.92 Å². The molecule has 1 nitrogen and oxygen atoms in total. The minimum Gasteiger partial charge on any atom is -0.295 e. The molecule has 0 heterocycles. The molecule has 0 radical (unpaired) electrons. The normalized spacial score (nSPS) is 12.5. The molecule has 0 saturated carbocycles. The zero-order valence-corrected chi connectivity index (χ0v) is 13.3. The van der Waals surface area contributed by atoms with Crippen LogP contribution in [0.2, 0.25) is 0 Å². The summed E-state index contributed by atoms with van der Waals surface area (Å²) in [5.41, 5.74) is 2.80. The van der Waals surface area contributed by atoms with Crippen LogP contribution in [0.25, 0.3) is 0 Å². The minimum atomic E-state index is 0.805. The summed E-state index contributed by atoms with van der Waals surface area (Å²) in [6, 6.07) is 21.6. The van der Waals surface area contributed by atoms with Gasteiger partial charge in [-0.2, -0.15) is 0 Å². The largest absolute Gasteiger partial charge is 0.295 e. The van der Waals surface area contributed by atoms with E-state index in [1.807, 2.05) is 0 Å². The lowest BCUT2D eigenvalue weighted by molar-refractivity contribution is 0.237. The van der Waals surface area contributed by atoms with Gasteiger partial charge in [-0.05, 0) is 30.0 Å². The van der Waals surface area contributed by atoms with E-state index in [0.717, 1.165) is 19.0 Å². The van der Waals surface area contributed by atoms with Crippen molar-refractivity contribution < 1.29 is 0 Å². The molecule has 0 N–H and O–H groups in total. The first-order chi connectivity index (χ1) is 10.3. The topological polar surface area (TPSA) is 3.24 Å². The molecule has 0 spiro atoms. The van der Waals surface area contributed by atoms with Crippen molar-refractivity contribution in [3.8, 4) is 0 Å². The van der Waals surface area contributed by atoms with Crippen molar-refractivity contribution >= 4 is 0 Å². The van der Waals surface area contributed by atoms with Gasteiger partial charge in [-0.1, -0.05) is 80.9 Å². The van der Waals surface area contributed by atoms with Crippen molar-refractivity contribution in [3.63, 3.8) is 0 Å².